The molecule has 2 aromatic heterocycles. The highest BCUT2D eigenvalue weighted by atomic mass is 15.1. The first-order valence-corrected chi connectivity index (χ1v) is 7.25. The van der Waals surface area contributed by atoms with Crippen LogP contribution in [0, 0.1) is 13.8 Å². The molecular weight excluding hydrogens is 288 g/mol. The van der Waals surface area contributed by atoms with Gasteiger partial charge in [0.15, 0.2) is 11.6 Å². The Bertz CT molecular complexity index is 814. The summed E-state index contributed by atoms with van der Waals surface area (Å²) in [5, 5.41) is 6.32. The van der Waals surface area contributed by atoms with Gasteiger partial charge in [-0.1, -0.05) is 18.2 Å². The summed E-state index contributed by atoms with van der Waals surface area (Å²) in [5.41, 5.74) is 9.78. The van der Waals surface area contributed by atoms with Crippen molar-refractivity contribution >= 4 is 28.8 Å². The number of nitrogens with one attached hydrogen (secondary N) is 2. The minimum absolute atomic E-state index is 0.441. The molecule has 0 saturated heterocycles. The molecule has 0 amide bonds. The standard InChI is InChI=1S/C17H18N6/c1-11-4-3-5-13(8-11)22-16-15(18)17(21-10-20-16)23-14-7-6-12(2)9-19-14/h3-10H,18H2,1-2H3,(H2,19,20,21,22,23). The summed E-state index contributed by atoms with van der Waals surface area (Å²) in [6.07, 6.45) is 3.25. The molecule has 3 rings (SSSR count). The fourth-order valence-electron chi connectivity index (χ4n) is 2.12. The summed E-state index contributed by atoms with van der Waals surface area (Å²) in [6, 6.07) is 11.8. The van der Waals surface area contributed by atoms with Crippen molar-refractivity contribution in [1.29, 1.82) is 0 Å². The highest BCUT2D eigenvalue weighted by Crippen LogP contribution is 2.27. The Kier molecular flexibility index (Phi) is 4.05. The molecule has 0 saturated carbocycles. The number of rotatable bonds is 4. The Morgan fingerprint density at radius 3 is 2.35 bits per heavy atom. The van der Waals surface area contributed by atoms with Crippen LogP contribution in [0.3, 0.4) is 0 Å². The summed E-state index contributed by atoms with van der Waals surface area (Å²) in [7, 11) is 0. The molecular formula is C17H18N6. The SMILES string of the molecule is Cc1ccc(Nc2ncnc(Nc3cccc(C)c3)c2N)nc1. The lowest BCUT2D eigenvalue weighted by atomic mass is 10.2. The summed E-state index contributed by atoms with van der Waals surface area (Å²) < 4.78 is 0. The number of aryl methyl sites for hydroxylation is 2. The zero-order valence-electron chi connectivity index (χ0n) is 13.0. The van der Waals surface area contributed by atoms with Crippen molar-refractivity contribution in [2.24, 2.45) is 0 Å². The lowest BCUT2D eigenvalue weighted by Gasteiger charge is -2.12. The number of benzene rings is 1. The lowest BCUT2D eigenvalue weighted by molar-refractivity contribution is 1.16. The van der Waals surface area contributed by atoms with Gasteiger partial charge in [-0.05, 0) is 43.2 Å². The van der Waals surface area contributed by atoms with E-state index < -0.39 is 0 Å². The Hall–Kier alpha value is -3.15. The van der Waals surface area contributed by atoms with Crippen LogP contribution in [-0.4, -0.2) is 15.0 Å². The summed E-state index contributed by atoms with van der Waals surface area (Å²) in [5.74, 6) is 1.76. The van der Waals surface area contributed by atoms with Crippen molar-refractivity contribution < 1.29 is 0 Å². The van der Waals surface area contributed by atoms with Crippen LogP contribution in [0.1, 0.15) is 11.1 Å². The van der Waals surface area contributed by atoms with Crippen molar-refractivity contribution in [3.63, 3.8) is 0 Å². The van der Waals surface area contributed by atoms with Crippen molar-refractivity contribution in [1.82, 2.24) is 15.0 Å². The van der Waals surface area contributed by atoms with E-state index in [-0.39, 0.29) is 0 Å². The number of hydrogen-bond acceptors (Lipinski definition) is 6. The maximum Gasteiger partial charge on any atom is 0.160 e. The van der Waals surface area contributed by atoms with Gasteiger partial charge >= 0.3 is 0 Å². The number of anilines is 5. The first-order valence-electron chi connectivity index (χ1n) is 7.25. The first kappa shape index (κ1) is 14.8. The van der Waals surface area contributed by atoms with E-state index in [2.05, 4.69) is 25.6 Å². The van der Waals surface area contributed by atoms with E-state index >= 15 is 0 Å². The Morgan fingerprint density at radius 2 is 1.65 bits per heavy atom. The topological polar surface area (TPSA) is 88.8 Å². The number of aromatic nitrogens is 3. The van der Waals surface area contributed by atoms with Gasteiger partial charge in [0.1, 0.15) is 17.8 Å². The van der Waals surface area contributed by atoms with Gasteiger partial charge in [-0.25, -0.2) is 15.0 Å². The average Bonchev–Trinajstić information content (AvgIpc) is 2.53. The van der Waals surface area contributed by atoms with Crippen LogP contribution in [-0.2, 0) is 0 Å². The maximum atomic E-state index is 6.17. The van der Waals surface area contributed by atoms with E-state index in [4.69, 9.17) is 5.73 Å². The number of nitrogen functional groups attached to an aromatic ring is 1. The maximum absolute atomic E-state index is 6.17. The van der Waals surface area contributed by atoms with Crippen LogP contribution in [0.4, 0.5) is 28.8 Å². The van der Waals surface area contributed by atoms with E-state index in [1.807, 2.05) is 50.2 Å². The molecule has 0 atom stereocenters. The summed E-state index contributed by atoms with van der Waals surface area (Å²) in [4.78, 5) is 12.7. The van der Waals surface area contributed by atoms with Gasteiger partial charge in [-0.15, -0.1) is 0 Å². The zero-order chi connectivity index (χ0) is 16.2. The second kappa shape index (κ2) is 6.31. The Morgan fingerprint density at radius 1 is 0.870 bits per heavy atom. The second-order valence-corrected chi connectivity index (χ2v) is 5.32. The number of nitrogens with two attached hydrogens (primary N) is 1. The van der Waals surface area contributed by atoms with Crippen molar-refractivity contribution in [3.05, 3.63) is 60.0 Å². The van der Waals surface area contributed by atoms with Gasteiger partial charge in [0.05, 0.1) is 0 Å². The molecule has 1 aromatic carbocycles. The van der Waals surface area contributed by atoms with E-state index in [0.29, 0.717) is 23.1 Å². The van der Waals surface area contributed by atoms with Crippen molar-refractivity contribution in [3.8, 4) is 0 Å². The molecule has 0 bridgehead atoms. The van der Waals surface area contributed by atoms with Crippen LogP contribution in [0.5, 0.6) is 0 Å². The molecule has 3 aromatic rings. The van der Waals surface area contributed by atoms with E-state index in [1.165, 1.54) is 6.33 Å². The van der Waals surface area contributed by atoms with Gasteiger partial charge < -0.3 is 16.4 Å². The first-order chi connectivity index (χ1) is 11.1. The molecule has 0 radical (unpaired) electrons. The van der Waals surface area contributed by atoms with Crippen LogP contribution in [0.2, 0.25) is 0 Å². The highest BCUT2D eigenvalue weighted by molar-refractivity contribution is 5.79. The monoisotopic (exact) mass is 306 g/mol. The van der Waals surface area contributed by atoms with Gasteiger partial charge in [0.2, 0.25) is 0 Å². The van der Waals surface area contributed by atoms with E-state index in [1.54, 1.807) is 6.20 Å². The normalized spacial score (nSPS) is 10.3. The summed E-state index contributed by atoms with van der Waals surface area (Å²) >= 11 is 0. The lowest BCUT2D eigenvalue weighted by Crippen LogP contribution is -2.05. The summed E-state index contributed by atoms with van der Waals surface area (Å²) in [6.45, 7) is 4.02. The fourth-order valence-corrected chi connectivity index (χ4v) is 2.12. The number of nitrogens with zero attached hydrogens (tertiary/aromatic N) is 3. The van der Waals surface area contributed by atoms with Gasteiger partial charge in [0.25, 0.3) is 0 Å². The molecule has 6 heteroatoms. The smallest absolute Gasteiger partial charge is 0.160 e. The predicted octanol–water partition coefficient (Wildman–Crippen LogP) is 3.56. The molecule has 0 aliphatic heterocycles. The Labute approximate surface area is 134 Å². The molecule has 0 spiro atoms. The molecule has 23 heavy (non-hydrogen) atoms. The Balaban J connectivity index is 1.84. The molecule has 116 valence electrons. The number of pyridine rings is 1. The quantitative estimate of drug-likeness (QED) is 0.683. The molecule has 0 aliphatic carbocycles. The third kappa shape index (κ3) is 3.55. The van der Waals surface area contributed by atoms with Crippen LogP contribution in [0.25, 0.3) is 0 Å². The molecule has 0 fully saturated rings. The van der Waals surface area contributed by atoms with E-state index in [0.717, 1.165) is 16.8 Å². The van der Waals surface area contributed by atoms with Crippen LogP contribution in [0.15, 0.2) is 48.9 Å². The highest BCUT2D eigenvalue weighted by Gasteiger charge is 2.09. The van der Waals surface area contributed by atoms with Gasteiger partial charge in [-0.3, -0.25) is 0 Å². The van der Waals surface area contributed by atoms with E-state index in [9.17, 15) is 0 Å². The third-order valence-corrected chi connectivity index (χ3v) is 3.32. The average molecular weight is 306 g/mol. The zero-order valence-corrected chi connectivity index (χ0v) is 13.0. The fraction of sp³-hybridized carbons (Fsp3) is 0.118. The largest absolute Gasteiger partial charge is 0.393 e. The number of hydrogen-bond donors (Lipinski definition) is 3. The minimum atomic E-state index is 0.441. The molecule has 4 N–H and O–H groups in total. The second-order valence-electron chi connectivity index (χ2n) is 5.32. The van der Waals surface area contributed by atoms with Crippen LogP contribution < -0.4 is 16.4 Å². The third-order valence-electron chi connectivity index (χ3n) is 3.32. The van der Waals surface area contributed by atoms with Gasteiger partial charge in [0, 0.05) is 11.9 Å². The minimum Gasteiger partial charge on any atom is -0.393 e. The van der Waals surface area contributed by atoms with Gasteiger partial charge in [-0.2, -0.15) is 0 Å². The van der Waals surface area contributed by atoms with Crippen molar-refractivity contribution in [2.45, 2.75) is 13.8 Å². The molecule has 6 nitrogen and oxygen atoms in total. The molecule has 0 aliphatic rings. The van der Waals surface area contributed by atoms with Crippen molar-refractivity contribution in [2.75, 3.05) is 16.4 Å². The predicted molar refractivity (Wildman–Crippen MR) is 93.2 cm³/mol. The van der Waals surface area contributed by atoms with Crippen LogP contribution >= 0.6 is 0 Å². The molecule has 2 heterocycles. The molecule has 0 unspecified atom stereocenters.